The first-order chi connectivity index (χ1) is 18.7. The van der Waals surface area contributed by atoms with Crippen LogP contribution in [0.2, 0.25) is 0 Å². The van der Waals surface area contributed by atoms with Gasteiger partial charge in [0.2, 0.25) is 0 Å². The van der Waals surface area contributed by atoms with Crippen LogP contribution in [-0.2, 0) is 0 Å². The molecule has 5 heterocycles. The zero-order chi connectivity index (χ0) is 26.9. The number of fused-ring (bicyclic) bond motifs is 10. The number of aliphatic imine (C=N–C) groups is 3. The maximum Gasteiger partial charge on any atom is 0.469 e. The van der Waals surface area contributed by atoms with Crippen LogP contribution >= 0.6 is 15.8 Å². The number of halogens is 7. The van der Waals surface area contributed by atoms with Crippen LogP contribution in [0.5, 0.6) is 0 Å². The first-order valence-corrected chi connectivity index (χ1v) is 12.2. The van der Waals surface area contributed by atoms with Crippen molar-refractivity contribution in [2.45, 2.75) is 0 Å². The SMILES string of the molecule is Fc1cc2c(cc1F)/C1=N/c3c4cc(F)c(F)cc4c4n3B(Br)n3c(c5cc(F)c(F)cc5c3=N4)=C=NC2=N1. The first-order valence-electron chi connectivity index (χ1n) is 11.3. The topological polar surface area (TPSA) is 59.3 Å². The molecule has 39 heavy (non-hydrogen) atoms. The van der Waals surface area contributed by atoms with Crippen molar-refractivity contribution in [2.75, 3.05) is 0 Å². The van der Waals surface area contributed by atoms with Crippen molar-refractivity contribution in [2.24, 2.45) is 20.0 Å². The minimum absolute atomic E-state index is 0.0635. The molecule has 2 aromatic heterocycles. The van der Waals surface area contributed by atoms with Gasteiger partial charge in [0.05, 0.1) is 0 Å². The molecule has 0 unspecified atom stereocenters. The van der Waals surface area contributed by atoms with Crippen molar-refractivity contribution < 1.29 is 26.3 Å². The lowest BCUT2D eigenvalue weighted by Crippen LogP contribution is -2.44. The molecule has 0 radical (unpaired) electrons. The summed E-state index contributed by atoms with van der Waals surface area (Å²) in [5.74, 6) is -4.86. The van der Waals surface area contributed by atoms with E-state index in [1.807, 2.05) is 0 Å². The second kappa shape index (κ2) is 7.36. The molecular formula is C25H6BBrF6N6. The van der Waals surface area contributed by atoms with Gasteiger partial charge >= 0.3 is 5.81 Å². The van der Waals surface area contributed by atoms with Gasteiger partial charge < -0.3 is 8.96 Å². The fourth-order valence-corrected chi connectivity index (χ4v) is 5.95. The van der Waals surface area contributed by atoms with E-state index in [1.165, 1.54) is 8.96 Å². The summed E-state index contributed by atoms with van der Waals surface area (Å²) in [4.78, 5) is 17.8. The van der Waals surface area contributed by atoms with E-state index in [-0.39, 0.29) is 66.8 Å². The highest BCUT2D eigenvalue weighted by Crippen LogP contribution is 2.42. The summed E-state index contributed by atoms with van der Waals surface area (Å²) in [5.41, 5.74) is 0.381. The third-order valence-electron chi connectivity index (χ3n) is 6.90. The van der Waals surface area contributed by atoms with Gasteiger partial charge in [0.25, 0.3) is 0 Å². The Hall–Kier alpha value is -4.42. The number of hydrogen-bond acceptors (Lipinski definition) is 4. The molecule has 0 amide bonds. The van der Waals surface area contributed by atoms with Crippen molar-refractivity contribution >= 4 is 72.3 Å². The summed E-state index contributed by atoms with van der Waals surface area (Å²) in [6.45, 7) is 0. The fraction of sp³-hybridized carbons (Fsp3) is 0. The Morgan fingerprint density at radius 3 is 1.74 bits per heavy atom. The van der Waals surface area contributed by atoms with Gasteiger partial charge in [-0.2, -0.15) is 4.99 Å². The lowest BCUT2D eigenvalue weighted by atomic mass is 10.1. The van der Waals surface area contributed by atoms with E-state index in [4.69, 9.17) is 0 Å². The number of nitrogens with zero attached hydrogens (tertiary/aromatic N) is 6. The van der Waals surface area contributed by atoms with Crippen molar-refractivity contribution in [3.05, 3.63) is 93.3 Å². The molecule has 0 spiro atoms. The van der Waals surface area contributed by atoms with Gasteiger partial charge in [0.1, 0.15) is 22.5 Å². The highest BCUT2D eigenvalue weighted by Gasteiger charge is 2.35. The summed E-state index contributed by atoms with van der Waals surface area (Å²) in [7, 11) is 0. The van der Waals surface area contributed by atoms with Crippen molar-refractivity contribution in [1.82, 2.24) is 8.96 Å². The Bertz CT molecular complexity index is 2260. The molecule has 3 aromatic carbocycles. The van der Waals surface area contributed by atoms with Gasteiger partial charge in [-0.05, 0) is 36.4 Å². The molecule has 3 aliphatic rings. The Morgan fingerprint density at radius 1 is 0.590 bits per heavy atom. The number of benzene rings is 3. The predicted molar refractivity (Wildman–Crippen MR) is 135 cm³/mol. The fourth-order valence-electron chi connectivity index (χ4n) is 5.17. The van der Waals surface area contributed by atoms with Gasteiger partial charge in [0.15, 0.2) is 46.6 Å². The van der Waals surface area contributed by atoms with Crippen molar-refractivity contribution in [3.8, 4) is 0 Å². The lowest BCUT2D eigenvalue weighted by molar-refractivity contribution is 0.508. The zero-order valence-electron chi connectivity index (χ0n) is 18.9. The quantitative estimate of drug-likeness (QED) is 0.185. The summed E-state index contributed by atoms with van der Waals surface area (Å²) in [6.07, 6.45) is 0. The standard InChI is InChI=1S/C25H6BBrF6N6/c27-26-38-20-7-34-21-9-2-15(29)16(30)3-10(9)22(35-21)36-23-12-5-18(32)19(33)6-13(12)25(39(23)26)37-24(38)11-4-17(31)14(28)1-8(11)20/h1-6H/b36-22-. The normalized spacial score (nSPS) is 16.0. The van der Waals surface area contributed by atoms with Gasteiger partial charge in [-0.3, -0.25) is 0 Å². The van der Waals surface area contributed by atoms with E-state index in [0.29, 0.717) is 0 Å². The summed E-state index contributed by atoms with van der Waals surface area (Å²) >= 11 is 3.58. The monoisotopic (exact) mass is 594 g/mol. The van der Waals surface area contributed by atoms with E-state index in [2.05, 4.69) is 41.6 Å². The Morgan fingerprint density at radius 2 is 1.10 bits per heavy atom. The molecule has 14 heteroatoms. The van der Waals surface area contributed by atoms with Gasteiger partial charge in [0, 0.05) is 38.5 Å². The molecule has 8 rings (SSSR count). The van der Waals surface area contributed by atoms with Crippen LogP contribution < -0.4 is 10.8 Å². The molecule has 4 bridgehead atoms. The number of amidine groups is 2. The molecule has 188 valence electrons. The molecule has 0 saturated heterocycles. The molecular weight excluding hydrogens is 589 g/mol. The van der Waals surface area contributed by atoms with Crippen LogP contribution in [0.1, 0.15) is 11.1 Å². The highest BCUT2D eigenvalue weighted by molar-refractivity contribution is 9.24. The van der Waals surface area contributed by atoms with Crippen LogP contribution in [0.25, 0.3) is 21.5 Å². The Balaban J connectivity index is 1.65. The van der Waals surface area contributed by atoms with Crippen molar-refractivity contribution in [3.63, 3.8) is 0 Å². The molecule has 0 saturated carbocycles. The minimum Gasteiger partial charge on any atom is -0.331 e. The van der Waals surface area contributed by atoms with E-state index >= 15 is 0 Å². The average Bonchev–Trinajstić information content (AvgIpc) is 3.48. The average molecular weight is 595 g/mol. The van der Waals surface area contributed by atoms with Crippen LogP contribution in [-0.4, -0.2) is 32.3 Å². The zero-order valence-corrected chi connectivity index (χ0v) is 20.5. The second-order valence-electron chi connectivity index (χ2n) is 9.01. The van der Waals surface area contributed by atoms with Crippen molar-refractivity contribution in [1.29, 1.82) is 0 Å². The molecule has 6 nitrogen and oxygen atoms in total. The molecule has 5 aromatic rings. The third-order valence-corrected chi connectivity index (χ3v) is 7.71. The smallest absolute Gasteiger partial charge is 0.331 e. The van der Waals surface area contributed by atoms with Crippen LogP contribution in [0.15, 0.2) is 56.4 Å². The van der Waals surface area contributed by atoms with E-state index in [9.17, 15) is 26.3 Å². The number of rotatable bonds is 0. The maximum absolute atomic E-state index is 14.5. The third kappa shape index (κ3) is 2.84. The second-order valence-corrected chi connectivity index (χ2v) is 9.83. The van der Waals surface area contributed by atoms with Crippen LogP contribution in [0, 0.1) is 34.9 Å². The van der Waals surface area contributed by atoms with Gasteiger partial charge in [-0.15, -0.1) is 0 Å². The van der Waals surface area contributed by atoms with Gasteiger partial charge in [-0.1, -0.05) is 15.8 Å². The molecule has 0 N–H and O–H groups in total. The largest absolute Gasteiger partial charge is 0.469 e. The summed E-state index contributed by atoms with van der Waals surface area (Å²) in [6, 6.07) is 5.66. The first kappa shape index (κ1) is 22.6. The number of aromatic nitrogens is 2. The number of hydrogen-bond donors (Lipinski definition) is 0. The van der Waals surface area contributed by atoms with Gasteiger partial charge in [-0.25, -0.2) is 41.3 Å². The van der Waals surface area contributed by atoms with E-state index in [1.54, 1.807) is 0 Å². The highest BCUT2D eigenvalue weighted by atomic mass is 79.9. The molecule has 0 atom stereocenters. The lowest BCUT2D eigenvalue weighted by Gasteiger charge is -2.18. The van der Waals surface area contributed by atoms with E-state index in [0.717, 1.165) is 36.4 Å². The Kier molecular flexibility index (Phi) is 4.26. The molecule has 0 fully saturated rings. The van der Waals surface area contributed by atoms with Crippen LogP contribution in [0.3, 0.4) is 0 Å². The predicted octanol–water partition coefficient (Wildman–Crippen LogP) is 4.66. The maximum atomic E-state index is 14.5. The molecule has 3 aliphatic heterocycles. The minimum atomic E-state index is -1.15. The summed E-state index contributed by atoms with van der Waals surface area (Å²) < 4.78 is 89.2. The van der Waals surface area contributed by atoms with E-state index < -0.39 is 40.7 Å². The summed E-state index contributed by atoms with van der Waals surface area (Å²) in [5, 5.41) is 0.863. The Labute approximate surface area is 220 Å². The van der Waals surface area contributed by atoms with Crippen LogP contribution in [0.4, 0.5) is 38.0 Å². The molecule has 0 aliphatic carbocycles.